The van der Waals surface area contributed by atoms with E-state index in [2.05, 4.69) is 24.3 Å². The van der Waals surface area contributed by atoms with Gasteiger partial charge in [-0.25, -0.2) is 0 Å². The Morgan fingerprint density at radius 2 is 1.84 bits per heavy atom. The number of nitrogens with zero attached hydrogens (tertiary/aromatic N) is 1. The van der Waals surface area contributed by atoms with Gasteiger partial charge in [0.05, 0.1) is 5.57 Å². The molecular weight excluding hydrogens is 236 g/mol. The minimum atomic E-state index is 0.211. The number of nitrogens with two attached hydrogens (primary N) is 1. The number of rotatable bonds is 1. The summed E-state index contributed by atoms with van der Waals surface area (Å²) in [6, 6.07) is 18.1. The normalized spacial score (nSPS) is 13.4. The molecular formula is C16H12N2O. The quantitative estimate of drug-likeness (QED) is 0.844. The maximum absolute atomic E-state index is 9.01. The highest BCUT2D eigenvalue weighted by atomic mass is 16.5. The summed E-state index contributed by atoms with van der Waals surface area (Å²) in [4.78, 5) is 0. The second-order valence-electron chi connectivity index (χ2n) is 4.42. The van der Waals surface area contributed by atoms with Gasteiger partial charge in [0.1, 0.15) is 11.8 Å². The van der Waals surface area contributed by atoms with E-state index in [9.17, 15) is 0 Å². The lowest BCUT2D eigenvalue weighted by Gasteiger charge is -2.18. The SMILES string of the molecule is N#CC1=C(N)Oc2ccc(-c3ccccc3)cc2C1. The highest BCUT2D eigenvalue weighted by Crippen LogP contribution is 2.32. The Bertz CT molecular complexity index is 696. The Morgan fingerprint density at radius 1 is 1.05 bits per heavy atom. The fraction of sp³-hybridized carbons (Fsp3) is 0.0625. The van der Waals surface area contributed by atoms with Crippen LogP contribution in [0.5, 0.6) is 5.75 Å². The van der Waals surface area contributed by atoms with Crippen molar-refractivity contribution >= 4 is 0 Å². The molecule has 2 N–H and O–H groups in total. The zero-order valence-electron chi connectivity index (χ0n) is 10.3. The molecule has 92 valence electrons. The molecule has 0 spiro atoms. The predicted octanol–water partition coefficient (Wildman–Crippen LogP) is 2.98. The summed E-state index contributed by atoms with van der Waals surface area (Å²) < 4.78 is 5.46. The van der Waals surface area contributed by atoms with Crippen LogP contribution >= 0.6 is 0 Å². The van der Waals surface area contributed by atoms with E-state index in [0.29, 0.717) is 12.0 Å². The van der Waals surface area contributed by atoms with E-state index in [1.807, 2.05) is 30.3 Å². The van der Waals surface area contributed by atoms with Crippen LogP contribution in [0, 0.1) is 11.3 Å². The van der Waals surface area contributed by atoms with Crippen LogP contribution in [0.1, 0.15) is 5.56 Å². The summed E-state index contributed by atoms with van der Waals surface area (Å²) in [6.45, 7) is 0. The average Bonchev–Trinajstić information content (AvgIpc) is 2.47. The third-order valence-corrected chi connectivity index (χ3v) is 3.19. The third kappa shape index (κ3) is 2.04. The molecule has 0 bridgehead atoms. The smallest absolute Gasteiger partial charge is 0.205 e. The predicted molar refractivity (Wildman–Crippen MR) is 73.0 cm³/mol. The summed E-state index contributed by atoms with van der Waals surface area (Å²) in [6.07, 6.45) is 0.526. The van der Waals surface area contributed by atoms with E-state index >= 15 is 0 Å². The molecule has 0 amide bonds. The second kappa shape index (κ2) is 4.51. The first-order valence-corrected chi connectivity index (χ1v) is 6.03. The molecule has 3 rings (SSSR count). The summed E-state index contributed by atoms with van der Waals surface area (Å²) in [5.74, 6) is 0.943. The number of allylic oxidation sites excluding steroid dienone is 1. The Morgan fingerprint density at radius 3 is 2.58 bits per heavy atom. The van der Waals surface area contributed by atoms with Gasteiger partial charge in [-0.15, -0.1) is 0 Å². The number of fused-ring (bicyclic) bond motifs is 1. The Kier molecular flexibility index (Phi) is 2.70. The van der Waals surface area contributed by atoms with Gasteiger partial charge in [-0.3, -0.25) is 0 Å². The first-order chi connectivity index (χ1) is 9.28. The van der Waals surface area contributed by atoms with Crippen molar-refractivity contribution in [2.75, 3.05) is 0 Å². The average molecular weight is 248 g/mol. The molecule has 0 radical (unpaired) electrons. The van der Waals surface area contributed by atoms with Gasteiger partial charge in [-0.2, -0.15) is 5.26 Å². The van der Waals surface area contributed by atoms with E-state index in [4.69, 9.17) is 15.7 Å². The van der Waals surface area contributed by atoms with Crippen LogP contribution in [0.2, 0.25) is 0 Å². The molecule has 19 heavy (non-hydrogen) atoms. The van der Waals surface area contributed by atoms with Crippen LogP contribution in [-0.4, -0.2) is 0 Å². The van der Waals surface area contributed by atoms with Gasteiger partial charge in [0.2, 0.25) is 5.88 Å². The van der Waals surface area contributed by atoms with Crippen molar-refractivity contribution in [1.29, 1.82) is 5.26 Å². The molecule has 1 heterocycles. The van der Waals surface area contributed by atoms with Crippen LogP contribution in [0.3, 0.4) is 0 Å². The van der Waals surface area contributed by atoms with Crippen LogP contribution in [0.4, 0.5) is 0 Å². The summed E-state index contributed by atoms with van der Waals surface area (Å²) >= 11 is 0. The van der Waals surface area contributed by atoms with Crippen LogP contribution < -0.4 is 10.5 Å². The molecule has 0 atom stereocenters. The van der Waals surface area contributed by atoms with Gasteiger partial charge in [0, 0.05) is 12.0 Å². The first kappa shape index (κ1) is 11.4. The molecule has 0 aliphatic carbocycles. The standard InChI is InChI=1S/C16H12N2O/c17-10-14-9-13-8-12(11-4-2-1-3-5-11)6-7-15(13)19-16(14)18/h1-8H,9,18H2. The van der Waals surface area contributed by atoms with Crippen LogP contribution in [0.15, 0.2) is 60.0 Å². The monoisotopic (exact) mass is 248 g/mol. The minimum Gasteiger partial charge on any atom is -0.440 e. The fourth-order valence-corrected chi connectivity index (χ4v) is 2.18. The van der Waals surface area contributed by atoms with Crippen LogP contribution in [-0.2, 0) is 6.42 Å². The molecule has 3 heteroatoms. The molecule has 1 aliphatic rings. The number of hydrogen-bond acceptors (Lipinski definition) is 3. The molecule has 2 aromatic rings. The van der Waals surface area contributed by atoms with Crippen molar-refractivity contribution in [2.45, 2.75) is 6.42 Å². The molecule has 0 fully saturated rings. The number of hydrogen-bond donors (Lipinski definition) is 1. The van der Waals surface area contributed by atoms with Crippen molar-refractivity contribution in [3.8, 4) is 22.9 Å². The maximum Gasteiger partial charge on any atom is 0.205 e. The fourth-order valence-electron chi connectivity index (χ4n) is 2.18. The lowest BCUT2D eigenvalue weighted by Crippen LogP contribution is -2.16. The lowest BCUT2D eigenvalue weighted by molar-refractivity contribution is 0.399. The summed E-state index contributed by atoms with van der Waals surface area (Å²) in [7, 11) is 0. The minimum absolute atomic E-state index is 0.211. The largest absolute Gasteiger partial charge is 0.440 e. The van der Waals surface area contributed by atoms with Crippen molar-refractivity contribution < 1.29 is 4.74 Å². The van der Waals surface area contributed by atoms with Gasteiger partial charge in [-0.1, -0.05) is 36.4 Å². The van der Waals surface area contributed by atoms with E-state index in [1.165, 1.54) is 0 Å². The maximum atomic E-state index is 9.01. The molecule has 0 aromatic heterocycles. The number of nitriles is 1. The third-order valence-electron chi connectivity index (χ3n) is 3.19. The summed E-state index contributed by atoms with van der Waals surface area (Å²) in [5.41, 5.74) is 9.42. The Labute approximate surface area is 111 Å². The molecule has 3 nitrogen and oxygen atoms in total. The Hall–Kier alpha value is -2.73. The zero-order chi connectivity index (χ0) is 13.2. The highest BCUT2D eigenvalue weighted by molar-refractivity contribution is 5.66. The topological polar surface area (TPSA) is 59.0 Å². The van der Waals surface area contributed by atoms with Crippen molar-refractivity contribution in [3.05, 3.63) is 65.6 Å². The number of ether oxygens (including phenoxy) is 1. The van der Waals surface area contributed by atoms with Crippen LogP contribution in [0.25, 0.3) is 11.1 Å². The molecule has 0 saturated heterocycles. The molecule has 0 saturated carbocycles. The van der Waals surface area contributed by atoms with E-state index in [1.54, 1.807) is 0 Å². The highest BCUT2D eigenvalue weighted by Gasteiger charge is 2.18. The molecule has 2 aromatic carbocycles. The van der Waals surface area contributed by atoms with Crippen molar-refractivity contribution in [3.63, 3.8) is 0 Å². The first-order valence-electron chi connectivity index (χ1n) is 6.03. The Balaban J connectivity index is 2.02. The lowest BCUT2D eigenvalue weighted by atomic mass is 9.97. The van der Waals surface area contributed by atoms with Gasteiger partial charge in [0.15, 0.2) is 0 Å². The van der Waals surface area contributed by atoms with E-state index < -0.39 is 0 Å². The summed E-state index contributed by atoms with van der Waals surface area (Å²) in [5, 5.41) is 9.01. The van der Waals surface area contributed by atoms with Gasteiger partial charge >= 0.3 is 0 Å². The van der Waals surface area contributed by atoms with E-state index in [-0.39, 0.29) is 5.88 Å². The van der Waals surface area contributed by atoms with Crippen molar-refractivity contribution in [1.82, 2.24) is 0 Å². The molecule has 1 aliphatic heterocycles. The van der Waals surface area contributed by atoms with Gasteiger partial charge in [0.25, 0.3) is 0 Å². The van der Waals surface area contributed by atoms with Crippen molar-refractivity contribution in [2.24, 2.45) is 5.73 Å². The van der Waals surface area contributed by atoms with E-state index in [0.717, 1.165) is 22.4 Å². The zero-order valence-corrected chi connectivity index (χ0v) is 10.3. The number of benzene rings is 2. The second-order valence-corrected chi connectivity index (χ2v) is 4.42. The van der Waals surface area contributed by atoms with Gasteiger partial charge in [-0.05, 0) is 23.3 Å². The molecule has 0 unspecified atom stereocenters. The van der Waals surface area contributed by atoms with Gasteiger partial charge < -0.3 is 10.5 Å².